The van der Waals surface area contributed by atoms with Gasteiger partial charge in [0.25, 0.3) is 0 Å². The third-order valence-electron chi connectivity index (χ3n) is 2.85. The monoisotopic (exact) mass is 323 g/mol. The Balaban J connectivity index is 2.21. The van der Waals surface area contributed by atoms with Crippen LogP contribution in [0.4, 0.5) is 5.69 Å². The predicted octanol–water partition coefficient (Wildman–Crippen LogP) is 3.65. The van der Waals surface area contributed by atoms with Crippen LogP contribution >= 0.6 is 15.9 Å². The zero-order chi connectivity index (χ0) is 13.1. The fraction of sp³-hybridized carbons (Fsp3) is 0.143. The molecule has 1 unspecified atom stereocenters. The van der Waals surface area contributed by atoms with Crippen LogP contribution < -0.4 is 5.73 Å². The zero-order valence-corrected chi connectivity index (χ0v) is 12.4. The van der Waals surface area contributed by atoms with Gasteiger partial charge in [0.1, 0.15) is 0 Å². The van der Waals surface area contributed by atoms with Crippen molar-refractivity contribution < 1.29 is 4.21 Å². The highest BCUT2D eigenvalue weighted by molar-refractivity contribution is 9.10. The summed E-state index contributed by atoms with van der Waals surface area (Å²) in [7, 11) is -1.04. The average Bonchev–Trinajstić information content (AvgIpc) is 2.36. The molecule has 0 aromatic heterocycles. The van der Waals surface area contributed by atoms with Crippen LogP contribution in [0, 0.1) is 6.92 Å². The highest BCUT2D eigenvalue weighted by Gasteiger charge is 2.08. The number of hydrogen-bond acceptors (Lipinski definition) is 2. The second-order valence-corrected chi connectivity index (χ2v) is 6.44. The maximum atomic E-state index is 12.2. The van der Waals surface area contributed by atoms with Gasteiger partial charge in [0.2, 0.25) is 0 Å². The molecule has 0 aliphatic rings. The molecule has 1 atom stereocenters. The number of anilines is 1. The van der Waals surface area contributed by atoms with Crippen molar-refractivity contribution in [2.24, 2.45) is 0 Å². The van der Waals surface area contributed by atoms with Crippen LogP contribution in [0.3, 0.4) is 0 Å². The lowest BCUT2D eigenvalue weighted by molar-refractivity contribution is 0.682. The lowest BCUT2D eigenvalue weighted by Gasteiger charge is -2.08. The quantitative estimate of drug-likeness (QED) is 0.876. The predicted molar refractivity (Wildman–Crippen MR) is 79.8 cm³/mol. The first-order chi connectivity index (χ1) is 8.58. The Labute approximate surface area is 118 Å². The first kappa shape index (κ1) is 13.3. The second-order valence-electron chi connectivity index (χ2n) is 4.08. The molecule has 0 fully saturated rings. The molecule has 2 aromatic carbocycles. The molecule has 0 saturated carbocycles. The van der Waals surface area contributed by atoms with E-state index in [0.717, 1.165) is 26.2 Å². The largest absolute Gasteiger partial charge is 0.399 e. The molecule has 0 heterocycles. The fourth-order valence-corrected chi connectivity index (χ4v) is 3.14. The van der Waals surface area contributed by atoms with Crippen molar-refractivity contribution in [3.05, 3.63) is 58.1 Å². The molecule has 0 aliphatic heterocycles. The van der Waals surface area contributed by atoms with Gasteiger partial charge in [-0.15, -0.1) is 0 Å². The molecule has 0 spiro atoms. The van der Waals surface area contributed by atoms with Crippen molar-refractivity contribution in [1.82, 2.24) is 0 Å². The van der Waals surface area contributed by atoms with E-state index < -0.39 is 10.8 Å². The topological polar surface area (TPSA) is 43.1 Å². The van der Waals surface area contributed by atoms with Crippen molar-refractivity contribution in [3.63, 3.8) is 0 Å². The van der Waals surface area contributed by atoms with Gasteiger partial charge in [0, 0.05) is 15.1 Å². The normalized spacial score (nSPS) is 12.3. The number of nitrogens with two attached hydrogens (primary N) is 1. The lowest BCUT2D eigenvalue weighted by atomic mass is 10.1. The summed E-state index contributed by atoms with van der Waals surface area (Å²) in [6, 6.07) is 13.3. The summed E-state index contributed by atoms with van der Waals surface area (Å²) >= 11 is 3.37. The van der Waals surface area contributed by atoms with Gasteiger partial charge < -0.3 is 5.73 Å². The fourth-order valence-electron chi connectivity index (χ4n) is 1.67. The average molecular weight is 324 g/mol. The van der Waals surface area contributed by atoms with Gasteiger partial charge >= 0.3 is 0 Å². The Morgan fingerprint density at radius 3 is 2.50 bits per heavy atom. The van der Waals surface area contributed by atoms with Gasteiger partial charge in [0.15, 0.2) is 0 Å². The van der Waals surface area contributed by atoms with Crippen LogP contribution in [0.1, 0.15) is 11.1 Å². The van der Waals surface area contributed by atoms with E-state index in [1.54, 1.807) is 0 Å². The summed E-state index contributed by atoms with van der Waals surface area (Å²) in [5, 5.41) is 0. The van der Waals surface area contributed by atoms with Gasteiger partial charge in [-0.05, 0) is 48.4 Å². The Bertz CT molecular complexity index is 581. The molecule has 4 heteroatoms. The minimum Gasteiger partial charge on any atom is -0.399 e. The van der Waals surface area contributed by atoms with E-state index >= 15 is 0 Å². The third-order valence-corrected chi connectivity index (χ3v) is 4.75. The molecule has 2 rings (SSSR count). The van der Waals surface area contributed by atoms with Crippen LogP contribution in [-0.4, -0.2) is 4.21 Å². The van der Waals surface area contributed by atoms with Crippen molar-refractivity contribution in [3.8, 4) is 0 Å². The minimum absolute atomic E-state index is 0.499. The summed E-state index contributed by atoms with van der Waals surface area (Å²) in [5.41, 5.74) is 8.65. The Hall–Kier alpha value is -1.13. The van der Waals surface area contributed by atoms with Crippen molar-refractivity contribution in [2.75, 3.05) is 5.73 Å². The summed E-state index contributed by atoms with van der Waals surface area (Å²) in [6.45, 7) is 1.96. The molecule has 18 heavy (non-hydrogen) atoms. The summed E-state index contributed by atoms with van der Waals surface area (Å²) in [5.74, 6) is 0.499. The minimum atomic E-state index is -1.04. The molecule has 2 nitrogen and oxygen atoms in total. The Morgan fingerprint density at radius 1 is 1.17 bits per heavy atom. The van der Waals surface area contributed by atoms with Crippen LogP contribution in [0.25, 0.3) is 0 Å². The van der Waals surface area contributed by atoms with Crippen LogP contribution in [-0.2, 0) is 16.6 Å². The second kappa shape index (κ2) is 5.67. The van der Waals surface area contributed by atoms with Gasteiger partial charge in [-0.2, -0.15) is 0 Å². The molecule has 0 radical (unpaired) electrons. The van der Waals surface area contributed by atoms with Crippen LogP contribution in [0.2, 0.25) is 0 Å². The van der Waals surface area contributed by atoms with Gasteiger partial charge in [0.05, 0.1) is 16.6 Å². The van der Waals surface area contributed by atoms with E-state index in [-0.39, 0.29) is 0 Å². The Morgan fingerprint density at radius 2 is 1.83 bits per heavy atom. The Kier molecular flexibility index (Phi) is 4.19. The number of rotatable bonds is 3. The molecule has 0 amide bonds. The van der Waals surface area contributed by atoms with E-state index in [2.05, 4.69) is 15.9 Å². The molecular weight excluding hydrogens is 310 g/mol. The SMILES string of the molecule is Cc1c(N)cccc1CS(=O)c1ccc(Br)cc1. The molecule has 0 bridgehead atoms. The molecule has 94 valence electrons. The number of hydrogen-bond donors (Lipinski definition) is 1. The van der Waals surface area contributed by atoms with E-state index in [4.69, 9.17) is 5.73 Å². The van der Waals surface area contributed by atoms with E-state index in [1.807, 2.05) is 49.4 Å². The van der Waals surface area contributed by atoms with Crippen LogP contribution in [0.15, 0.2) is 51.8 Å². The highest BCUT2D eigenvalue weighted by atomic mass is 79.9. The van der Waals surface area contributed by atoms with Crippen molar-refractivity contribution in [2.45, 2.75) is 17.6 Å². The lowest BCUT2D eigenvalue weighted by Crippen LogP contribution is -2.00. The molecule has 2 aromatic rings. The van der Waals surface area contributed by atoms with Gasteiger partial charge in [-0.1, -0.05) is 28.1 Å². The number of benzene rings is 2. The number of halogens is 1. The highest BCUT2D eigenvalue weighted by Crippen LogP contribution is 2.20. The summed E-state index contributed by atoms with van der Waals surface area (Å²) in [6.07, 6.45) is 0. The third kappa shape index (κ3) is 3.00. The van der Waals surface area contributed by atoms with Crippen LogP contribution in [0.5, 0.6) is 0 Å². The number of nitrogen functional groups attached to an aromatic ring is 1. The maximum Gasteiger partial charge on any atom is 0.0574 e. The molecule has 0 saturated heterocycles. The first-order valence-corrected chi connectivity index (χ1v) is 7.67. The van der Waals surface area contributed by atoms with Gasteiger partial charge in [-0.3, -0.25) is 4.21 Å². The summed E-state index contributed by atoms with van der Waals surface area (Å²) < 4.78 is 13.2. The van der Waals surface area contributed by atoms with E-state index in [0.29, 0.717) is 5.75 Å². The molecule has 0 aliphatic carbocycles. The van der Waals surface area contributed by atoms with E-state index in [9.17, 15) is 4.21 Å². The smallest absolute Gasteiger partial charge is 0.0574 e. The standard InChI is InChI=1S/C14H14BrNOS/c1-10-11(3-2-4-14(10)16)9-18(17)13-7-5-12(15)6-8-13/h2-8H,9,16H2,1H3. The molecular formula is C14H14BrNOS. The van der Waals surface area contributed by atoms with Crippen molar-refractivity contribution >= 4 is 32.4 Å². The first-order valence-electron chi connectivity index (χ1n) is 5.56. The van der Waals surface area contributed by atoms with E-state index in [1.165, 1.54) is 0 Å². The maximum absolute atomic E-state index is 12.2. The van der Waals surface area contributed by atoms with Crippen molar-refractivity contribution in [1.29, 1.82) is 0 Å². The molecule has 2 N–H and O–H groups in total. The summed E-state index contributed by atoms with van der Waals surface area (Å²) in [4.78, 5) is 0.833. The zero-order valence-electron chi connectivity index (χ0n) is 10.0. The van der Waals surface area contributed by atoms with Gasteiger partial charge in [-0.25, -0.2) is 0 Å².